The molecule has 0 bridgehead atoms. The first-order valence-electron chi connectivity index (χ1n) is 3.95. The van der Waals surface area contributed by atoms with Gasteiger partial charge >= 0.3 is 0 Å². The van der Waals surface area contributed by atoms with Crippen molar-refractivity contribution in [3.05, 3.63) is 29.8 Å². The van der Waals surface area contributed by atoms with Gasteiger partial charge in [0.25, 0.3) is 0 Å². The fourth-order valence-electron chi connectivity index (χ4n) is 1.11. The topological polar surface area (TPSA) is 44.3 Å². The van der Waals surface area contributed by atoms with E-state index in [0.717, 1.165) is 11.3 Å². The van der Waals surface area contributed by atoms with E-state index in [0.29, 0.717) is 6.54 Å². The summed E-state index contributed by atoms with van der Waals surface area (Å²) < 4.78 is 0. The largest absolute Gasteiger partial charge is 0.388 e. The van der Waals surface area contributed by atoms with Crippen molar-refractivity contribution in [3.63, 3.8) is 0 Å². The zero-order valence-corrected chi connectivity index (χ0v) is 7.17. The van der Waals surface area contributed by atoms with E-state index < -0.39 is 0 Å². The SMILES string of the molecule is CNc1ccccc1CNCO. The molecule has 66 valence electrons. The van der Waals surface area contributed by atoms with Crippen molar-refractivity contribution in [2.75, 3.05) is 19.1 Å². The molecule has 0 aliphatic carbocycles. The van der Waals surface area contributed by atoms with Gasteiger partial charge in [-0.25, -0.2) is 0 Å². The molecule has 0 aromatic heterocycles. The maximum atomic E-state index is 8.56. The molecule has 3 N–H and O–H groups in total. The third-order valence-corrected chi connectivity index (χ3v) is 1.71. The van der Waals surface area contributed by atoms with Gasteiger partial charge in [0.2, 0.25) is 0 Å². The first-order chi connectivity index (χ1) is 5.88. The van der Waals surface area contributed by atoms with Crippen molar-refractivity contribution < 1.29 is 5.11 Å². The van der Waals surface area contributed by atoms with Gasteiger partial charge in [-0.05, 0) is 11.6 Å². The van der Waals surface area contributed by atoms with Crippen molar-refractivity contribution in [1.29, 1.82) is 0 Å². The van der Waals surface area contributed by atoms with Crippen molar-refractivity contribution in [2.24, 2.45) is 0 Å². The maximum absolute atomic E-state index is 8.56. The first kappa shape index (κ1) is 9.03. The minimum atomic E-state index is 0.0120. The van der Waals surface area contributed by atoms with Gasteiger partial charge in [0.15, 0.2) is 0 Å². The molecule has 1 rings (SSSR count). The fraction of sp³-hybridized carbons (Fsp3) is 0.333. The number of nitrogens with one attached hydrogen (secondary N) is 2. The highest BCUT2D eigenvalue weighted by Gasteiger charge is 1.96. The predicted molar refractivity (Wildman–Crippen MR) is 49.9 cm³/mol. The zero-order chi connectivity index (χ0) is 8.81. The molecule has 3 nitrogen and oxygen atoms in total. The number of aliphatic hydroxyl groups excluding tert-OH is 1. The summed E-state index contributed by atoms with van der Waals surface area (Å²) in [6, 6.07) is 7.99. The van der Waals surface area contributed by atoms with Gasteiger partial charge in [0.05, 0.1) is 6.73 Å². The van der Waals surface area contributed by atoms with E-state index in [1.807, 2.05) is 31.3 Å². The molecule has 0 heterocycles. The quantitative estimate of drug-likeness (QED) is 0.579. The smallest absolute Gasteiger partial charge is 0.0934 e. The van der Waals surface area contributed by atoms with Crippen LogP contribution < -0.4 is 10.6 Å². The van der Waals surface area contributed by atoms with Crippen LogP contribution in [-0.4, -0.2) is 18.9 Å². The Morgan fingerprint density at radius 2 is 2.08 bits per heavy atom. The molecule has 1 aromatic carbocycles. The third-order valence-electron chi connectivity index (χ3n) is 1.71. The lowest BCUT2D eigenvalue weighted by Crippen LogP contribution is -2.14. The van der Waals surface area contributed by atoms with Crippen molar-refractivity contribution in [2.45, 2.75) is 6.54 Å². The van der Waals surface area contributed by atoms with Gasteiger partial charge in [-0.3, -0.25) is 5.32 Å². The molecule has 1 aromatic rings. The van der Waals surface area contributed by atoms with E-state index in [2.05, 4.69) is 10.6 Å². The van der Waals surface area contributed by atoms with Gasteiger partial charge < -0.3 is 10.4 Å². The van der Waals surface area contributed by atoms with Crippen LogP contribution in [-0.2, 0) is 6.54 Å². The minimum Gasteiger partial charge on any atom is -0.388 e. The van der Waals surface area contributed by atoms with Crippen molar-refractivity contribution in [1.82, 2.24) is 5.32 Å². The first-order valence-corrected chi connectivity index (χ1v) is 3.95. The highest BCUT2D eigenvalue weighted by Crippen LogP contribution is 2.12. The predicted octanol–water partition coefficient (Wildman–Crippen LogP) is 0.768. The summed E-state index contributed by atoms with van der Waals surface area (Å²) >= 11 is 0. The Balaban J connectivity index is 2.68. The number of benzene rings is 1. The molecule has 0 radical (unpaired) electrons. The Bertz CT molecular complexity index is 238. The summed E-state index contributed by atoms with van der Waals surface area (Å²) in [6.07, 6.45) is 0. The van der Waals surface area contributed by atoms with Crippen LogP contribution in [0.1, 0.15) is 5.56 Å². The molecule has 0 saturated heterocycles. The fourth-order valence-corrected chi connectivity index (χ4v) is 1.11. The Hall–Kier alpha value is -1.06. The highest BCUT2D eigenvalue weighted by molar-refractivity contribution is 5.50. The summed E-state index contributed by atoms with van der Waals surface area (Å²) in [6.45, 7) is 0.700. The lowest BCUT2D eigenvalue weighted by Gasteiger charge is -2.07. The Labute approximate surface area is 72.4 Å². The van der Waals surface area contributed by atoms with E-state index in [1.165, 1.54) is 0 Å². The van der Waals surface area contributed by atoms with Gasteiger partial charge in [0, 0.05) is 19.3 Å². The lowest BCUT2D eigenvalue weighted by atomic mass is 10.2. The molecular formula is C9H14N2O. The molecule has 0 aliphatic rings. The monoisotopic (exact) mass is 166 g/mol. The molecule has 0 fully saturated rings. The van der Waals surface area contributed by atoms with Gasteiger partial charge in [-0.1, -0.05) is 18.2 Å². The number of para-hydroxylation sites is 1. The second-order valence-corrected chi connectivity index (χ2v) is 2.49. The second-order valence-electron chi connectivity index (χ2n) is 2.49. The zero-order valence-electron chi connectivity index (χ0n) is 7.17. The maximum Gasteiger partial charge on any atom is 0.0934 e. The minimum absolute atomic E-state index is 0.0120. The van der Waals surface area contributed by atoms with E-state index in [4.69, 9.17) is 5.11 Å². The molecule has 3 heteroatoms. The van der Waals surface area contributed by atoms with Crippen LogP contribution in [0, 0.1) is 0 Å². The number of rotatable bonds is 4. The number of aliphatic hydroxyl groups is 1. The molecule has 0 atom stereocenters. The van der Waals surface area contributed by atoms with Gasteiger partial charge in [0.1, 0.15) is 0 Å². The van der Waals surface area contributed by atoms with Gasteiger partial charge in [-0.2, -0.15) is 0 Å². The van der Waals surface area contributed by atoms with E-state index in [1.54, 1.807) is 0 Å². The molecular weight excluding hydrogens is 152 g/mol. The number of anilines is 1. The average Bonchev–Trinajstić information content (AvgIpc) is 2.15. The van der Waals surface area contributed by atoms with E-state index in [9.17, 15) is 0 Å². The second kappa shape index (κ2) is 4.74. The summed E-state index contributed by atoms with van der Waals surface area (Å²) in [5, 5.41) is 14.5. The summed E-state index contributed by atoms with van der Waals surface area (Å²) in [5.41, 5.74) is 2.26. The molecule has 12 heavy (non-hydrogen) atoms. The van der Waals surface area contributed by atoms with Crippen LogP contribution in [0.2, 0.25) is 0 Å². The van der Waals surface area contributed by atoms with Crippen LogP contribution in [0.3, 0.4) is 0 Å². The Kier molecular flexibility index (Phi) is 3.57. The molecule has 0 amide bonds. The van der Waals surface area contributed by atoms with E-state index in [-0.39, 0.29) is 6.73 Å². The van der Waals surface area contributed by atoms with Gasteiger partial charge in [-0.15, -0.1) is 0 Å². The van der Waals surface area contributed by atoms with Crippen molar-refractivity contribution >= 4 is 5.69 Å². The van der Waals surface area contributed by atoms with Crippen LogP contribution in [0.25, 0.3) is 0 Å². The van der Waals surface area contributed by atoms with Crippen LogP contribution in [0.15, 0.2) is 24.3 Å². The molecule has 0 spiro atoms. The summed E-state index contributed by atoms with van der Waals surface area (Å²) in [4.78, 5) is 0. The van der Waals surface area contributed by atoms with E-state index >= 15 is 0 Å². The molecule has 0 aliphatic heterocycles. The average molecular weight is 166 g/mol. The Morgan fingerprint density at radius 1 is 1.33 bits per heavy atom. The van der Waals surface area contributed by atoms with Crippen LogP contribution in [0.4, 0.5) is 5.69 Å². The lowest BCUT2D eigenvalue weighted by molar-refractivity contribution is 0.259. The Morgan fingerprint density at radius 3 is 2.75 bits per heavy atom. The summed E-state index contributed by atoms with van der Waals surface area (Å²) in [5.74, 6) is 0. The highest BCUT2D eigenvalue weighted by atomic mass is 16.3. The standard InChI is InChI=1S/C9H14N2O/c1-10-9-5-3-2-4-8(9)6-11-7-12/h2-5,10-12H,6-7H2,1H3. The van der Waals surface area contributed by atoms with Crippen LogP contribution in [0.5, 0.6) is 0 Å². The van der Waals surface area contributed by atoms with Crippen molar-refractivity contribution in [3.8, 4) is 0 Å². The summed E-state index contributed by atoms with van der Waals surface area (Å²) in [7, 11) is 1.89. The number of hydrogen-bond acceptors (Lipinski definition) is 3. The molecule has 0 unspecified atom stereocenters. The molecule has 0 saturated carbocycles. The third kappa shape index (κ3) is 2.22. The normalized spacial score (nSPS) is 9.83. The number of hydrogen-bond donors (Lipinski definition) is 3. The van der Waals surface area contributed by atoms with Crippen LogP contribution >= 0.6 is 0 Å².